The lowest BCUT2D eigenvalue weighted by atomic mass is 10.1. The molecular formula is C16H18BrNO2. The first kappa shape index (κ1) is 14.7. The van der Waals surface area contributed by atoms with Crippen LogP contribution < -0.4 is 15.2 Å². The molecule has 0 saturated heterocycles. The standard InChI is InChI=1S/C16H18BrNO2/c1-3-11-4-7-16(15(18)8-11)20-10-12-9-13(19-2)5-6-14(12)17/h4-9H,3,10,18H2,1-2H3. The molecule has 2 aromatic carbocycles. The van der Waals surface area contributed by atoms with Gasteiger partial charge in [0.25, 0.3) is 0 Å². The van der Waals surface area contributed by atoms with Crippen molar-refractivity contribution >= 4 is 21.6 Å². The lowest BCUT2D eigenvalue weighted by Crippen LogP contribution is -2.00. The maximum absolute atomic E-state index is 5.99. The van der Waals surface area contributed by atoms with Gasteiger partial charge in [-0.25, -0.2) is 0 Å². The number of halogens is 1. The van der Waals surface area contributed by atoms with Gasteiger partial charge in [0, 0.05) is 10.0 Å². The van der Waals surface area contributed by atoms with E-state index in [0.717, 1.165) is 22.2 Å². The quantitative estimate of drug-likeness (QED) is 0.833. The molecule has 3 nitrogen and oxygen atoms in total. The first-order valence-electron chi connectivity index (χ1n) is 6.47. The third kappa shape index (κ3) is 3.45. The highest BCUT2D eigenvalue weighted by Crippen LogP contribution is 2.27. The van der Waals surface area contributed by atoms with Gasteiger partial charge in [-0.15, -0.1) is 0 Å². The predicted molar refractivity (Wildman–Crippen MR) is 85.3 cm³/mol. The molecule has 0 aliphatic rings. The Hall–Kier alpha value is -1.68. The topological polar surface area (TPSA) is 44.5 Å². The zero-order valence-corrected chi connectivity index (χ0v) is 13.2. The second-order valence-corrected chi connectivity index (χ2v) is 5.33. The largest absolute Gasteiger partial charge is 0.497 e. The van der Waals surface area contributed by atoms with Crippen LogP contribution in [0.2, 0.25) is 0 Å². The van der Waals surface area contributed by atoms with Crippen LogP contribution in [0.1, 0.15) is 18.1 Å². The molecule has 2 aromatic rings. The number of hydrogen-bond acceptors (Lipinski definition) is 3. The van der Waals surface area contributed by atoms with Crippen molar-refractivity contribution in [1.82, 2.24) is 0 Å². The molecule has 0 aromatic heterocycles. The number of nitrogens with two attached hydrogens (primary N) is 1. The fourth-order valence-electron chi connectivity index (χ4n) is 1.89. The number of nitrogen functional groups attached to an aromatic ring is 1. The second-order valence-electron chi connectivity index (χ2n) is 4.47. The van der Waals surface area contributed by atoms with Gasteiger partial charge in [-0.1, -0.05) is 28.9 Å². The van der Waals surface area contributed by atoms with E-state index >= 15 is 0 Å². The summed E-state index contributed by atoms with van der Waals surface area (Å²) >= 11 is 3.51. The molecule has 0 atom stereocenters. The van der Waals surface area contributed by atoms with Gasteiger partial charge < -0.3 is 15.2 Å². The molecule has 0 unspecified atom stereocenters. The third-order valence-electron chi connectivity index (χ3n) is 3.12. The zero-order chi connectivity index (χ0) is 14.5. The summed E-state index contributed by atoms with van der Waals surface area (Å²) < 4.78 is 12.0. The van der Waals surface area contributed by atoms with Crippen molar-refractivity contribution in [2.45, 2.75) is 20.0 Å². The number of rotatable bonds is 5. The van der Waals surface area contributed by atoms with E-state index in [-0.39, 0.29) is 0 Å². The monoisotopic (exact) mass is 335 g/mol. The molecule has 0 saturated carbocycles. The Kier molecular flexibility index (Phi) is 4.90. The van der Waals surface area contributed by atoms with Crippen LogP contribution in [-0.2, 0) is 13.0 Å². The van der Waals surface area contributed by atoms with E-state index in [1.54, 1.807) is 7.11 Å². The molecule has 0 fully saturated rings. The Balaban J connectivity index is 2.12. The van der Waals surface area contributed by atoms with Gasteiger partial charge >= 0.3 is 0 Å². The van der Waals surface area contributed by atoms with E-state index in [4.69, 9.17) is 15.2 Å². The summed E-state index contributed by atoms with van der Waals surface area (Å²) in [5.41, 5.74) is 8.89. The number of ether oxygens (including phenoxy) is 2. The van der Waals surface area contributed by atoms with Crippen LogP contribution in [0, 0.1) is 0 Å². The Morgan fingerprint density at radius 2 is 1.95 bits per heavy atom. The van der Waals surface area contributed by atoms with Crippen LogP contribution in [0.5, 0.6) is 11.5 Å². The van der Waals surface area contributed by atoms with E-state index in [1.165, 1.54) is 5.56 Å². The predicted octanol–water partition coefficient (Wildman–Crippen LogP) is 4.18. The maximum Gasteiger partial charge on any atom is 0.142 e. The molecule has 0 aliphatic carbocycles. The lowest BCUT2D eigenvalue weighted by Gasteiger charge is -2.12. The van der Waals surface area contributed by atoms with E-state index in [9.17, 15) is 0 Å². The molecule has 0 spiro atoms. The minimum Gasteiger partial charge on any atom is -0.497 e. The molecule has 0 amide bonds. The summed E-state index contributed by atoms with van der Waals surface area (Å²) in [5, 5.41) is 0. The summed E-state index contributed by atoms with van der Waals surface area (Å²) in [4.78, 5) is 0. The number of methoxy groups -OCH3 is 1. The van der Waals surface area contributed by atoms with Crippen molar-refractivity contribution in [3.63, 3.8) is 0 Å². The molecule has 0 heterocycles. The summed E-state index contributed by atoms with van der Waals surface area (Å²) in [5.74, 6) is 1.51. The maximum atomic E-state index is 5.99. The van der Waals surface area contributed by atoms with Gasteiger partial charge in [-0.05, 0) is 42.3 Å². The molecule has 20 heavy (non-hydrogen) atoms. The van der Waals surface area contributed by atoms with Crippen molar-refractivity contribution < 1.29 is 9.47 Å². The Morgan fingerprint density at radius 1 is 1.15 bits per heavy atom. The van der Waals surface area contributed by atoms with Gasteiger partial charge in [0.2, 0.25) is 0 Å². The molecule has 106 valence electrons. The SMILES string of the molecule is CCc1ccc(OCc2cc(OC)ccc2Br)c(N)c1. The Bertz CT molecular complexity index is 599. The average molecular weight is 336 g/mol. The zero-order valence-electron chi connectivity index (χ0n) is 11.7. The third-order valence-corrected chi connectivity index (χ3v) is 3.89. The van der Waals surface area contributed by atoms with Crippen LogP contribution in [0.3, 0.4) is 0 Å². The summed E-state index contributed by atoms with van der Waals surface area (Å²) in [6.45, 7) is 2.54. The fraction of sp³-hybridized carbons (Fsp3) is 0.250. The fourth-order valence-corrected chi connectivity index (χ4v) is 2.25. The van der Waals surface area contributed by atoms with Gasteiger partial charge in [-0.2, -0.15) is 0 Å². The van der Waals surface area contributed by atoms with Crippen LogP contribution in [0.4, 0.5) is 5.69 Å². The number of hydrogen-bond donors (Lipinski definition) is 1. The van der Waals surface area contributed by atoms with E-state index < -0.39 is 0 Å². The molecular weight excluding hydrogens is 318 g/mol. The second kappa shape index (κ2) is 6.66. The van der Waals surface area contributed by atoms with Gasteiger partial charge in [0.05, 0.1) is 12.8 Å². The molecule has 0 aliphatic heterocycles. The average Bonchev–Trinajstić information content (AvgIpc) is 2.47. The molecule has 4 heteroatoms. The highest BCUT2D eigenvalue weighted by atomic mass is 79.9. The highest BCUT2D eigenvalue weighted by molar-refractivity contribution is 9.10. The van der Waals surface area contributed by atoms with Crippen molar-refractivity contribution in [1.29, 1.82) is 0 Å². The van der Waals surface area contributed by atoms with Crippen LogP contribution in [0.15, 0.2) is 40.9 Å². The van der Waals surface area contributed by atoms with Gasteiger partial charge in [0.1, 0.15) is 18.1 Å². The first-order valence-corrected chi connectivity index (χ1v) is 7.27. The van der Waals surface area contributed by atoms with E-state index in [1.807, 2.05) is 36.4 Å². The normalized spacial score (nSPS) is 10.3. The summed E-state index contributed by atoms with van der Waals surface area (Å²) in [6, 6.07) is 11.7. The van der Waals surface area contributed by atoms with Crippen molar-refractivity contribution in [3.8, 4) is 11.5 Å². The van der Waals surface area contributed by atoms with Crippen LogP contribution in [0.25, 0.3) is 0 Å². The smallest absolute Gasteiger partial charge is 0.142 e. The van der Waals surface area contributed by atoms with E-state index in [2.05, 4.69) is 22.9 Å². The Morgan fingerprint density at radius 3 is 2.60 bits per heavy atom. The first-order chi connectivity index (χ1) is 9.63. The summed E-state index contributed by atoms with van der Waals surface area (Å²) in [6.07, 6.45) is 0.964. The number of aryl methyl sites for hydroxylation is 1. The van der Waals surface area contributed by atoms with Crippen molar-refractivity contribution in [3.05, 3.63) is 52.0 Å². The molecule has 2 N–H and O–H groups in total. The van der Waals surface area contributed by atoms with E-state index in [0.29, 0.717) is 18.0 Å². The minimum absolute atomic E-state index is 0.438. The molecule has 0 bridgehead atoms. The van der Waals surface area contributed by atoms with Crippen molar-refractivity contribution in [2.24, 2.45) is 0 Å². The lowest BCUT2D eigenvalue weighted by molar-refractivity contribution is 0.306. The number of anilines is 1. The Labute approximate surface area is 127 Å². The molecule has 0 radical (unpaired) electrons. The highest BCUT2D eigenvalue weighted by Gasteiger charge is 2.06. The van der Waals surface area contributed by atoms with Gasteiger partial charge in [-0.3, -0.25) is 0 Å². The van der Waals surface area contributed by atoms with Gasteiger partial charge in [0.15, 0.2) is 0 Å². The van der Waals surface area contributed by atoms with Crippen molar-refractivity contribution in [2.75, 3.05) is 12.8 Å². The summed E-state index contributed by atoms with van der Waals surface area (Å²) in [7, 11) is 1.65. The molecule has 2 rings (SSSR count). The van der Waals surface area contributed by atoms with Crippen LogP contribution >= 0.6 is 15.9 Å². The number of benzene rings is 2. The van der Waals surface area contributed by atoms with Crippen LogP contribution in [-0.4, -0.2) is 7.11 Å². The minimum atomic E-state index is 0.438.